The highest BCUT2D eigenvalue weighted by atomic mass is 32.1. The molecule has 0 spiro atoms. The van der Waals surface area contributed by atoms with Crippen molar-refractivity contribution >= 4 is 28.8 Å². The number of nitriles is 1. The van der Waals surface area contributed by atoms with E-state index < -0.39 is 17.6 Å². The van der Waals surface area contributed by atoms with E-state index in [0.29, 0.717) is 16.5 Å². The smallest absolute Gasteiger partial charge is 0.250 e. The lowest BCUT2D eigenvalue weighted by Crippen LogP contribution is -2.28. The minimum atomic E-state index is -1.53. The summed E-state index contributed by atoms with van der Waals surface area (Å²) in [6.07, 6.45) is 1.49. The number of rotatable bonds is 7. The van der Waals surface area contributed by atoms with E-state index in [9.17, 15) is 19.2 Å². The second-order valence-corrected chi connectivity index (χ2v) is 6.98. The molecule has 1 atom stereocenters. The van der Waals surface area contributed by atoms with Gasteiger partial charge in [-0.25, -0.2) is 14.4 Å². The normalized spacial score (nSPS) is 11.3. The number of aromatic nitrogens is 2. The number of benzene rings is 1. The molecule has 7 nitrogen and oxygen atoms in total. The zero-order valence-electron chi connectivity index (χ0n) is 15.3. The van der Waals surface area contributed by atoms with Gasteiger partial charge in [0.25, 0.3) is 5.91 Å². The topological polar surface area (TPSA) is 105 Å². The number of carbonyl (C=O) groups is 2. The fourth-order valence-corrected chi connectivity index (χ4v) is 3.37. The first-order chi connectivity index (χ1) is 14.0. The van der Waals surface area contributed by atoms with Gasteiger partial charge in [0.05, 0.1) is 16.6 Å². The third kappa shape index (κ3) is 5.00. The molecule has 146 valence electrons. The minimum absolute atomic E-state index is 0.0712. The molecule has 0 bridgehead atoms. The molecular formula is C20H15FN4O3S. The molecule has 1 N–H and O–H groups in total. The van der Waals surface area contributed by atoms with Crippen LogP contribution in [-0.2, 0) is 11.4 Å². The average molecular weight is 410 g/mol. The number of amides is 1. The van der Waals surface area contributed by atoms with Crippen LogP contribution in [0.2, 0.25) is 0 Å². The van der Waals surface area contributed by atoms with Crippen LogP contribution in [0.3, 0.4) is 0 Å². The summed E-state index contributed by atoms with van der Waals surface area (Å²) < 4.78 is 18.5. The van der Waals surface area contributed by atoms with Crippen molar-refractivity contribution in [1.29, 1.82) is 5.26 Å². The summed E-state index contributed by atoms with van der Waals surface area (Å²) in [4.78, 5) is 33.5. The number of pyridine rings is 1. The summed E-state index contributed by atoms with van der Waals surface area (Å²) in [5, 5.41) is 12.3. The highest BCUT2D eigenvalue weighted by molar-refractivity contribution is 7.13. The van der Waals surface area contributed by atoms with Crippen LogP contribution in [0.4, 0.5) is 10.2 Å². The summed E-state index contributed by atoms with van der Waals surface area (Å²) in [7, 11) is 0. The highest BCUT2D eigenvalue weighted by Gasteiger charge is 2.31. The molecule has 0 aliphatic rings. The molecular weight excluding hydrogens is 395 g/mol. The molecule has 1 unspecified atom stereocenters. The SMILES string of the molecule is Cc1nc(COc2ccc(F)cc2)sc1C(=O)C(C#N)C(=O)Nc1ccccn1. The van der Waals surface area contributed by atoms with E-state index in [1.165, 1.54) is 30.5 Å². The van der Waals surface area contributed by atoms with E-state index in [2.05, 4.69) is 15.3 Å². The van der Waals surface area contributed by atoms with Gasteiger partial charge in [-0.05, 0) is 43.3 Å². The number of nitrogens with zero attached hydrogens (tertiary/aromatic N) is 3. The van der Waals surface area contributed by atoms with Gasteiger partial charge in [-0.2, -0.15) is 5.26 Å². The Morgan fingerprint density at radius 2 is 2.03 bits per heavy atom. The predicted molar refractivity (Wildman–Crippen MR) is 104 cm³/mol. The van der Waals surface area contributed by atoms with Crippen molar-refractivity contribution in [3.63, 3.8) is 0 Å². The summed E-state index contributed by atoms with van der Waals surface area (Å²) in [5.74, 6) is -2.59. The van der Waals surface area contributed by atoms with Crippen molar-refractivity contribution < 1.29 is 18.7 Å². The lowest BCUT2D eigenvalue weighted by atomic mass is 10.0. The maximum atomic E-state index is 12.9. The zero-order valence-corrected chi connectivity index (χ0v) is 16.1. The molecule has 0 saturated heterocycles. The molecule has 3 aromatic rings. The van der Waals surface area contributed by atoms with Gasteiger partial charge in [0.1, 0.15) is 29.0 Å². The summed E-state index contributed by atoms with van der Waals surface area (Å²) >= 11 is 1.05. The first kappa shape index (κ1) is 20.1. The van der Waals surface area contributed by atoms with Crippen LogP contribution in [0.1, 0.15) is 20.4 Å². The fraction of sp³-hybridized carbons (Fsp3) is 0.150. The second kappa shape index (κ2) is 9.03. The van der Waals surface area contributed by atoms with Gasteiger partial charge in [0, 0.05) is 6.20 Å². The van der Waals surface area contributed by atoms with E-state index in [1.54, 1.807) is 31.2 Å². The first-order valence-electron chi connectivity index (χ1n) is 8.48. The van der Waals surface area contributed by atoms with Crippen LogP contribution in [0, 0.1) is 30.0 Å². The van der Waals surface area contributed by atoms with Crippen LogP contribution in [0.25, 0.3) is 0 Å². The molecule has 0 aliphatic heterocycles. The number of hydrogen-bond donors (Lipinski definition) is 1. The van der Waals surface area contributed by atoms with Crippen molar-refractivity contribution in [2.75, 3.05) is 5.32 Å². The quantitative estimate of drug-likeness (QED) is 0.472. The molecule has 9 heteroatoms. The molecule has 0 aliphatic carbocycles. The Bertz CT molecular complexity index is 1060. The Morgan fingerprint density at radius 1 is 1.28 bits per heavy atom. The van der Waals surface area contributed by atoms with Crippen LogP contribution < -0.4 is 10.1 Å². The number of carbonyl (C=O) groups excluding carboxylic acids is 2. The Kier molecular flexibility index (Phi) is 6.26. The maximum absolute atomic E-state index is 12.9. The number of anilines is 1. The van der Waals surface area contributed by atoms with Gasteiger partial charge in [0.2, 0.25) is 5.78 Å². The van der Waals surface area contributed by atoms with Gasteiger partial charge < -0.3 is 10.1 Å². The Hall–Kier alpha value is -3.64. The van der Waals surface area contributed by atoms with E-state index in [0.717, 1.165) is 11.3 Å². The summed E-state index contributed by atoms with van der Waals surface area (Å²) in [6, 6.07) is 12.2. The Labute approximate surface area is 169 Å². The number of halogens is 1. The highest BCUT2D eigenvalue weighted by Crippen LogP contribution is 2.24. The number of ether oxygens (including phenoxy) is 1. The largest absolute Gasteiger partial charge is 0.486 e. The lowest BCUT2D eigenvalue weighted by Gasteiger charge is -2.08. The summed E-state index contributed by atoms with van der Waals surface area (Å²) in [5.41, 5.74) is 0.406. The first-order valence-corrected chi connectivity index (χ1v) is 9.30. The van der Waals surface area contributed by atoms with Crippen molar-refractivity contribution in [1.82, 2.24) is 9.97 Å². The number of hydrogen-bond acceptors (Lipinski definition) is 7. The monoisotopic (exact) mass is 410 g/mol. The Morgan fingerprint density at radius 3 is 2.69 bits per heavy atom. The van der Waals surface area contributed by atoms with Crippen molar-refractivity contribution in [2.45, 2.75) is 13.5 Å². The van der Waals surface area contributed by atoms with Gasteiger partial charge in [-0.15, -0.1) is 11.3 Å². The van der Waals surface area contributed by atoms with Gasteiger partial charge >= 0.3 is 0 Å². The van der Waals surface area contributed by atoms with E-state index in [1.807, 2.05) is 0 Å². The molecule has 0 saturated carbocycles. The fourth-order valence-electron chi connectivity index (χ4n) is 2.42. The molecule has 1 aromatic carbocycles. The standard InChI is InChI=1S/C20H15FN4O3S/c1-12-19(29-17(24-12)11-28-14-7-5-13(21)6-8-14)18(26)15(10-22)20(27)25-16-4-2-3-9-23-16/h2-9,15H,11H2,1H3,(H,23,25,27). The van der Waals surface area contributed by atoms with Crippen molar-refractivity contribution in [3.05, 3.63) is 70.1 Å². The maximum Gasteiger partial charge on any atom is 0.250 e. The third-order valence-corrected chi connectivity index (χ3v) is 4.96. The predicted octanol–water partition coefficient (Wildman–Crippen LogP) is 3.53. The number of ketones is 1. The molecule has 2 heterocycles. The average Bonchev–Trinajstić information content (AvgIpc) is 3.09. The third-order valence-electron chi connectivity index (χ3n) is 3.81. The van der Waals surface area contributed by atoms with E-state index in [-0.39, 0.29) is 23.1 Å². The van der Waals surface area contributed by atoms with Crippen molar-refractivity contribution in [2.24, 2.45) is 5.92 Å². The van der Waals surface area contributed by atoms with Crippen LogP contribution >= 0.6 is 11.3 Å². The number of thiazole rings is 1. The van der Waals surface area contributed by atoms with Gasteiger partial charge in [-0.1, -0.05) is 6.07 Å². The minimum Gasteiger partial charge on any atom is -0.486 e. The molecule has 1 amide bonds. The van der Waals surface area contributed by atoms with E-state index in [4.69, 9.17) is 4.74 Å². The molecule has 0 radical (unpaired) electrons. The number of aryl methyl sites for hydroxylation is 1. The number of Topliss-reactive ketones (excluding diaryl/α,β-unsaturated/α-hetero) is 1. The Balaban J connectivity index is 1.70. The summed E-state index contributed by atoms with van der Waals surface area (Å²) in [6.45, 7) is 1.69. The number of nitrogens with one attached hydrogen (secondary N) is 1. The van der Waals surface area contributed by atoms with Crippen LogP contribution in [-0.4, -0.2) is 21.7 Å². The molecule has 2 aromatic heterocycles. The van der Waals surface area contributed by atoms with Gasteiger partial charge in [0.15, 0.2) is 5.92 Å². The zero-order chi connectivity index (χ0) is 20.8. The van der Waals surface area contributed by atoms with Gasteiger partial charge in [-0.3, -0.25) is 9.59 Å². The molecule has 29 heavy (non-hydrogen) atoms. The van der Waals surface area contributed by atoms with Crippen LogP contribution in [0.5, 0.6) is 5.75 Å². The molecule has 3 rings (SSSR count). The lowest BCUT2D eigenvalue weighted by molar-refractivity contribution is -0.117. The van der Waals surface area contributed by atoms with Crippen molar-refractivity contribution in [3.8, 4) is 11.8 Å². The second-order valence-electron chi connectivity index (χ2n) is 5.90. The molecule has 0 fully saturated rings. The van der Waals surface area contributed by atoms with E-state index >= 15 is 0 Å². The van der Waals surface area contributed by atoms with Crippen LogP contribution in [0.15, 0.2) is 48.7 Å².